The van der Waals surface area contributed by atoms with Crippen LogP contribution in [-0.4, -0.2) is 11.7 Å². The molecule has 0 spiro atoms. The minimum Gasteiger partial charge on any atom is -0.328 e. The Morgan fingerprint density at radius 3 is 2.88 bits per heavy atom. The second-order valence-corrected chi connectivity index (χ2v) is 5.48. The largest absolute Gasteiger partial charge is 0.328 e. The fourth-order valence-corrected chi connectivity index (χ4v) is 2.71. The number of hydrogen-bond acceptors (Lipinski definition) is 1. The van der Waals surface area contributed by atoms with Crippen molar-refractivity contribution in [3.8, 4) is 0 Å². The number of benzene rings is 1. The summed E-state index contributed by atoms with van der Waals surface area (Å²) in [5.74, 6) is -0.347. The molecular weight excluding hydrogens is 276 g/mol. The van der Waals surface area contributed by atoms with Gasteiger partial charge in [-0.3, -0.25) is 0 Å². The van der Waals surface area contributed by atoms with Crippen LogP contribution in [0.5, 0.6) is 0 Å². The van der Waals surface area contributed by atoms with E-state index in [1.54, 1.807) is 12.1 Å². The minimum absolute atomic E-state index is 0.0831. The summed E-state index contributed by atoms with van der Waals surface area (Å²) in [7, 11) is 0. The Morgan fingerprint density at radius 1 is 1.50 bits per heavy atom. The lowest BCUT2D eigenvalue weighted by Gasteiger charge is -2.19. The van der Waals surface area contributed by atoms with Crippen LogP contribution in [0.3, 0.4) is 0 Å². The summed E-state index contributed by atoms with van der Waals surface area (Å²) in [4.78, 5) is 0. The van der Waals surface area contributed by atoms with Gasteiger partial charge >= 0.3 is 0 Å². The molecule has 1 aromatic rings. The van der Waals surface area contributed by atoms with E-state index in [1.807, 2.05) is 0 Å². The van der Waals surface area contributed by atoms with E-state index >= 15 is 0 Å². The van der Waals surface area contributed by atoms with Gasteiger partial charge in [0, 0.05) is 16.9 Å². The lowest BCUT2D eigenvalue weighted by molar-refractivity contribution is 0.169. The standard InChI is InChI=1S/C12H14BrF2N/c13-9-1-2-11(14)8(5-9)6-12(15)4-3-10(16)7-12/h1-2,5,10H,3-4,6-7,16H2. The van der Waals surface area contributed by atoms with E-state index in [0.717, 1.165) is 4.47 Å². The summed E-state index contributed by atoms with van der Waals surface area (Å²) >= 11 is 3.26. The molecule has 0 amide bonds. The Morgan fingerprint density at radius 2 is 2.25 bits per heavy atom. The Balaban J connectivity index is 2.17. The van der Waals surface area contributed by atoms with E-state index in [4.69, 9.17) is 5.73 Å². The molecule has 0 heterocycles. The van der Waals surface area contributed by atoms with Crippen molar-refractivity contribution in [2.45, 2.75) is 37.4 Å². The molecule has 2 atom stereocenters. The second-order valence-electron chi connectivity index (χ2n) is 4.57. The van der Waals surface area contributed by atoms with Crippen molar-refractivity contribution in [1.82, 2.24) is 0 Å². The minimum atomic E-state index is -1.33. The van der Waals surface area contributed by atoms with E-state index < -0.39 is 5.67 Å². The Labute approximate surface area is 102 Å². The first-order valence-corrected chi connectivity index (χ1v) is 6.16. The van der Waals surface area contributed by atoms with Gasteiger partial charge in [-0.25, -0.2) is 8.78 Å². The highest BCUT2D eigenvalue weighted by molar-refractivity contribution is 9.10. The van der Waals surface area contributed by atoms with Crippen LogP contribution in [0.1, 0.15) is 24.8 Å². The maximum atomic E-state index is 14.3. The van der Waals surface area contributed by atoms with Crippen LogP contribution in [-0.2, 0) is 6.42 Å². The summed E-state index contributed by atoms with van der Waals surface area (Å²) in [5, 5.41) is 0. The number of hydrogen-bond donors (Lipinski definition) is 1. The molecule has 4 heteroatoms. The smallest absolute Gasteiger partial charge is 0.126 e. The van der Waals surface area contributed by atoms with Crippen LogP contribution in [0.2, 0.25) is 0 Å². The molecule has 88 valence electrons. The fourth-order valence-electron chi connectivity index (χ4n) is 2.30. The van der Waals surface area contributed by atoms with Crippen LogP contribution < -0.4 is 5.73 Å². The fraction of sp³-hybridized carbons (Fsp3) is 0.500. The molecule has 0 aliphatic heterocycles. The summed E-state index contributed by atoms with van der Waals surface area (Å²) < 4.78 is 28.5. The molecule has 2 rings (SSSR count). The predicted molar refractivity (Wildman–Crippen MR) is 63.5 cm³/mol. The highest BCUT2D eigenvalue weighted by Gasteiger charge is 2.38. The van der Waals surface area contributed by atoms with Gasteiger partial charge in [-0.2, -0.15) is 0 Å². The summed E-state index contributed by atoms with van der Waals surface area (Å²) in [6.45, 7) is 0. The second kappa shape index (κ2) is 4.41. The zero-order chi connectivity index (χ0) is 11.8. The van der Waals surface area contributed by atoms with Gasteiger partial charge < -0.3 is 5.73 Å². The van der Waals surface area contributed by atoms with E-state index in [9.17, 15) is 8.78 Å². The van der Waals surface area contributed by atoms with E-state index in [2.05, 4.69) is 15.9 Å². The van der Waals surface area contributed by atoms with Crippen molar-refractivity contribution in [2.75, 3.05) is 0 Å². The van der Waals surface area contributed by atoms with Crippen molar-refractivity contribution in [3.05, 3.63) is 34.1 Å². The third-order valence-corrected chi connectivity index (χ3v) is 3.60. The normalized spacial score (nSPS) is 29.6. The first kappa shape index (κ1) is 12.0. The summed E-state index contributed by atoms with van der Waals surface area (Å²) in [6.07, 6.45) is 1.57. The van der Waals surface area contributed by atoms with E-state index in [-0.39, 0.29) is 18.3 Å². The molecule has 1 fully saturated rings. The molecule has 0 saturated heterocycles. The summed E-state index contributed by atoms with van der Waals surface area (Å²) in [6, 6.07) is 4.53. The number of alkyl halides is 1. The van der Waals surface area contributed by atoms with Crippen LogP contribution in [0, 0.1) is 5.82 Å². The van der Waals surface area contributed by atoms with Gasteiger partial charge in [0.15, 0.2) is 0 Å². The van der Waals surface area contributed by atoms with Gasteiger partial charge in [-0.1, -0.05) is 15.9 Å². The molecule has 16 heavy (non-hydrogen) atoms. The lowest BCUT2D eigenvalue weighted by Crippen LogP contribution is -2.26. The third-order valence-electron chi connectivity index (χ3n) is 3.11. The van der Waals surface area contributed by atoms with Crippen LogP contribution >= 0.6 is 15.9 Å². The van der Waals surface area contributed by atoms with Crippen LogP contribution in [0.25, 0.3) is 0 Å². The van der Waals surface area contributed by atoms with Crippen LogP contribution in [0.15, 0.2) is 22.7 Å². The molecule has 1 aliphatic carbocycles. The SMILES string of the molecule is NC1CCC(F)(Cc2cc(Br)ccc2F)C1. The third kappa shape index (κ3) is 2.61. The van der Waals surface area contributed by atoms with Gasteiger partial charge in [-0.05, 0) is 43.0 Å². The van der Waals surface area contributed by atoms with Gasteiger partial charge in [0.1, 0.15) is 11.5 Å². The molecule has 2 unspecified atom stereocenters. The van der Waals surface area contributed by atoms with Crippen molar-refractivity contribution in [2.24, 2.45) is 5.73 Å². The van der Waals surface area contributed by atoms with E-state index in [0.29, 0.717) is 24.8 Å². The highest BCUT2D eigenvalue weighted by Crippen LogP contribution is 2.36. The zero-order valence-corrected chi connectivity index (χ0v) is 10.4. The molecule has 1 aliphatic rings. The summed E-state index contributed by atoms with van der Waals surface area (Å²) in [5.41, 5.74) is 4.78. The number of rotatable bonds is 2. The van der Waals surface area contributed by atoms with E-state index in [1.165, 1.54) is 6.07 Å². The molecule has 0 bridgehead atoms. The Bertz CT molecular complexity index is 397. The first-order chi connectivity index (χ1) is 7.48. The van der Waals surface area contributed by atoms with Crippen molar-refractivity contribution >= 4 is 15.9 Å². The highest BCUT2D eigenvalue weighted by atomic mass is 79.9. The van der Waals surface area contributed by atoms with Crippen LogP contribution in [0.4, 0.5) is 8.78 Å². The zero-order valence-electron chi connectivity index (χ0n) is 8.85. The predicted octanol–water partition coefficient (Wildman–Crippen LogP) is 3.35. The molecule has 0 radical (unpaired) electrons. The van der Waals surface area contributed by atoms with Crippen molar-refractivity contribution < 1.29 is 8.78 Å². The number of nitrogens with two attached hydrogens (primary N) is 1. The average Bonchev–Trinajstić information content (AvgIpc) is 2.52. The Hall–Kier alpha value is -0.480. The molecule has 0 aromatic heterocycles. The van der Waals surface area contributed by atoms with Gasteiger partial charge in [0.25, 0.3) is 0 Å². The number of halogens is 3. The topological polar surface area (TPSA) is 26.0 Å². The molecular formula is C12H14BrF2N. The first-order valence-electron chi connectivity index (χ1n) is 5.37. The van der Waals surface area contributed by atoms with Crippen molar-refractivity contribution in [3.63, 3.8) is 0 Å². The maximum Gasteiger partial charge on any atom is 0.126 e. The van der Waals surface area contributed by atoms with Crippen molar-refractivity contribution in [1.29, 1.82) is 0 Å². The molecule has 2 N–H and O–H groups in total. The molecule has 1 saturated carbocycles. The maximum absolute atomic E-state index is 14.3. The lowest BCUT2D eigenvalue weighted by atomic mass is 9.94. The monoisotopic (exact) mass is 289 g/mol. The Kier molecular flexibility index (Phi) is 3.31. The molecule has 1 aromatic carbocycles. The van der Waals surface area contributed by atoms with Gasteiger partial charge in [0.05, 0.1) is 0 Å². The van der Waals surface area contributed by atoms with Gasteiger partial charge in [-0.15, -0.1) is 0 Å². The molecule has 1 nitrogen and oxygen atoms in total. The van der Waals surface area contributed by atoms with Gasteiger partial charge in [0.2, 0.25) is 0 Å². The average molecular weight is 290 g/mol. The quantitative estimate of drug-likeness (QED) is 0.888.